The Morgan fingerprint density at radius 1 is 1.33 bits per heavy atom. The standard InChI is InChI=1S/C17H24N6O/c1-12-7-13(2)19-16(8-12)21-17(24)20-14-5-4-6-23(10-14)15-9-18-22(3)11-15/h7-9,11,14H,4-6,10H2,1-3H3,(H2,19,20,21,24)/t14-/m1/s1. The second kappa shape index (κ2) is 6.90. The van der Waals surface area contributed by atoms with Crippen molar-refractivity contribution in [2.75, 3.05) is 23.3 Å². The Morgan fingerprint density at radius 2 is 2.17 bits per heavy atom. The first-order valence-electron chi connectivity index (χ1n) is 8.26. The van der Waals surface area contributed by atoms with Crippen molar-refractivity contribution >= 4 is 17.5 Å². The molecular formula is C17H24N6O. The van der Waals surface area contributed by atoms with Gasteiger partial charge in [0.15, 0.2) is 0 Å². The van der Waals surface area contributed by atoms with E-state index in [0.29, 0.717) is 5.82 Å². The highest BCUT2D eigenvalue weighted by Gasteiger charge is 2.22. The van der Waals surface area contributed by atoms with Crippen molar-refractivity contribution in [3.8, 4) is 0 Å². The van der Waals surface area contributed by atoms with E-state index < -0.39 is 0 Å². The van der Waals surface area contributed by atoms with E-state index >= 15 is 0 Å². The SMILES string of the molecule is Cc1cc(C)nc(NC(=O)N[C@@H]2CCCN(c3cnn(C)c3)C2)c1. The Labute approximate surface area is 142 Å². The number of rotatable bonds is 3. The summed E-state index contributed by atoms with van der Waals surface area (Å²) in [5.74, 6) is 0.588. The van der Waals surface area contributed by atoms with Gasteiger partial charge in [-0.05, 0) is 44.4 Å². The quantitative estimate of drug-likeness (QED) is 0.906. The predicted octanol–water partition coefficient (Wildman–Crippen LogP) is 2.22. The molecule has 1 aliphatic heterocycles. The van der Waals surface area contributed by atoms with Gasteiger partial charge in [0, 0.05) is 38.1 Å². The molecule has 7 nitrogen and oxygen atoms in total. The number of pyridine rings is 1. The van der Waals surface area contributed by atoms with E-state index in [1.54, 1.807) is 4.68 Å². The number of nitrogens with one attached hydrogen (secondary N) is 2. The van der Waals surface area contributed by atoms with Crippen LogP contribution in [0.4, 0.5) is 16.3 Å². The third kappa shape index (κ3) is 4.04. The molecular weight excluding hydrogens is 304 g/mol. The highest BCUT2D eigenvalue weighted by molar-refractivity contribution is 5.88. The number of amides is 2. The second-order valence-electron chi connectivity index (χ2n) is 6.43. The number of urea groups is 1. The summed E-state index contributed by atoms with van der Waals surface area (Å²) in [6.07, 6.45) is 5.88. The van der Waals surface area contributed by atoms with E-state index in [9.17, 15) is 4.79 Å². The Bertz CT molecular complexity index is 705. The maximum absolute atomic E-state index is 12.3. The van der Waals surface area contributed by atoms with Crippen LogP contribution >= 0.6 is 0 Å². The fourth-order valence-corrected chi connectivity index (χ4v) is 3.14. The molecule has 2 amide bonds. The van der Waals surface area contributed by atoms with Gasteiger partial charge >= 0.3 is 6.03 Å². The molecule has 1 fully saturated rings. The highest BCUT2D eigenvalue weighted by Crippen LogP contribution is 2.19. The molecule has 0 aliphatic carbocycles. The molecule has 0 radical (unpaired) electrons. The van der Waals surface area contributed by atoms with Crippen molar-refractivity contribution in [3.05, 3.63) is 35.8 Å². The van der Waals surface area contributed by atoms with Crippen LogP contribution in [0.5, 0.6) is 0 Å². The second-order valence-corrected chi connectivity index (χ2v) is 6.43. The summed E-state index contributed by atoms with van der Waals surface area (Å²) in [5.41, 5.74) is 3.07. The fraction of sp³-hybridized carbons (Fsp3) is 0.471. The maximum Gasteiger partial charge on any atom is 0.320 e. The number of anilines is 2. The number of hydrogen-bond donors (Lipinski definition) is 2. The van der Waals surface area contributed by atoms with Crippen molar-refractivity contribution in [2.45, 2.75) is 32.7 Å². The van der Waals surface area contributed by atoms with E-state index in [4.69, 9.17) is 0 Å². The van der Waals surface area contributed by atoms with Gasteiger partial charge in [0.1, 0.15) is 5.82 Å². The first-order valence-corrected chi connectivity index (χ1v) is 8.26. The topological polar surface area (TPSA) is 75.1 Å². The van der Waals surface area contributed by atoms with E-state index in [1.165, 1.54) is 0 Å². The van der Waals surface area contributed by atoms with Crippen molar-refractivity contribution < 1.29 is 4.79 Å². The Kier molecular flexibility index (Phi) is 4.69. The molecule has 128 valence electrons. The van der Waals surface area contributed by atoms with Crippen LogP contribution in [-0.4, -0.2) is 39.9 Å². The van der Waals surface area contributed by atoms with Crippen molar-refractivity contribution in [3.63, 3.8) is 0 Å². The van der Waals surface area contributed by atoms with Crippen molar-refractivity contribution in [1.82, 2.24) is 20.1 Å². The van der Waals surface area contributed by atoms with Gasteiger partial charge in [-0.2, -0.15) is 5.10 Å². The first kappa shape index (κ1) is 16.3. The Morgan fingerprint density at radius 3 is 2.88 bits per heavy atom. The zero-order chi connectivity index (χ0) is 17.1. The lowest BCUT2D eigenvalue weighted by atomic mass is 10.1. The maximum atomic E-state index is 12.3. The van der Waals surface area contributed by atoms with Crippen molar-refractivity contribution in [2.24, 2.45) is 7.05 Å². The number of piperidine rings is 1. The molecule has 2 aromatic heterocycles. The normalized spacial score (nSPS) is 17.6. The molecule has 3 heterocycles. The molecule has 24 heavy (non-hydrogen) atoms. The number of carbonyl (C=O) groups is 1. The zero-order valence-corrected chi connectivity index (χ0v) is 14.4. The van der Waals surface area contributed by atoms with Crippen LogP contribution in [0, 0.1) is 13.8 Å². The molecule has 2 aromatic rings. The fourth-order valence-electron chi connectivity index (χ4n) is 3.14. The third-order valence-electron chi connectivity index (χ3n) is 4.15. The van der Waals surface area contributed by atoms with Gasteiger partial charge < -0.3 is 10.2 Å². The van der Waals surface area contributed by atoms with Crippen LogP contribution < -0.4 is 15.5 Å². The summed E-state index contributed by atoms with van der Waals surface area (Å²) in [4.78, 5) is 18.9. The summed E-state index contributed by atoms with van der Waals surface area (Å²) < 4.78 is 1.80. The lowest BCUT2D eigenvalue weighted by Crippen LogP contribution is -2.49. The van der Waals surface area contributed by atoms with E-state index in [0.717, 1.165) is 42.9 Å². The van der Waals surface area contributed by atoms with Crippen LogP contribution in [0.3, 0.4) is 0 Å². The van der Waals surface area contributed by atoms with E-state index in [1.807, 2.05) is 45.4 Å². The van der Waals surface area contributed by atoms with Crippen LogP contribution in [0.1, 0.15) is 24.1 Å². The van der Waals surface area contributed by atoms with Gasteiger partial charge in [0.05, 0.1) is 11.9 Å². The molecule has 2 N–H and O–H groups in total. The van der Waals surface area contributed by atoms with Crippen LogP contribution in [0.25, 0.3) is 0 Å². The summed E-state index contributed by atoms with van der Waals surface area (Å²) >= 11 is 0. The van der Waals surface area contributed by atoms with Crippen molar-refractivity contribution in [1.29, 1.82) is 0 Å². The molecule has 0 aromatic carbocycles. The Hall–Kier alpha value is -2.57. The van der Waals surface area contributed by atoms with E-state index in [-0.39, 0.29) is 12.1 Å². The number of nitrogens with zero attached hydrogens (tertiary/aromatic N) is 4. The molecule has 1 saturated heterocycles. The average molecular weight is 328 g/mol. The molecule has 3 rings (SSSR count). The molecule has 7 heteroatoms. The Balaban J connectivity index is 1.57. The average Bonchev–Trinajstić information content (AvgIpc) is 2.93. The highest BCUT2D eigenvalue weighted by atomic mass is 16.2. The summed E-state index contributed by atoms with van der Waals surface area (Å²) in [5, 5.41) is 10.1. The molecule has 0 spiro atoms. The molecule has 1 aliphatic rings. The monoisotopic (exact) mass is 328 g/mol. The van der Waals surface area contributed by atoms with Gasteiger partial charge in [0.25, 0.3) is 0 Å². The summed E-state index contributed by atoms with van der Waals surface area (Å²) in [7, 11) is 1.91. The van der Waals surface area contributed by atoms with Gasteiger partial charge in [-0.1, -0.05) is 0 Å². The number of carbonyl (C=O) groups excluding carboxylic acids is 1. The lowest BCUT2D eigenvalue weighted by Gasteiger charge is -2.33. The van der Waals surface area contributed by atoms with E-state index in [2.05, 4.69) is 25.6 Å². The van der Waals surface area contributed by atoms with Gasteiger partial charge in [0.2, 0.25) is 0 Å². The number of aromatic nitrogens is 3. The van der Waals surface area contributed by atoms with Crippen LogP contribution in [-0.2, 0) is 7.05 Å². The molecule has 0 bridgehead atoms. The zero-order valence-electron chi connectivity index (χ0n) is 14.4. The first-order chi connectivity index (χ1) is 11.5. The molecule has 0 saturated carbocycles. The lowest BCUT2D eigenvalue weighted by molar-refractivity contribution is 0.246. The predicted molar refractivity (Wildman–Crippen MR) is 94.3 cm³/mol. The van der Waals surface area contributed by atoms with Gasteiger partial charge in [-0.15, -0.1) is 0 Å². The third-order valence-corrected chi connectivity index (χ3v) is 4.15. The minimum Gasteiger partial charge on any atom is -0.367 e. The largest absolute Gasteiger partial charge is 0.367 e. The minimum absolute atomic E-state index is 0.116. The molecule has 0 unspecified atom stereocenters. The number of aryl methyl sites for hydroxylation is 3. The minimum atomic E-state index is -0.203. The smallest absolute Gasteiger partial charge is 0.320 e. The summed E-state index contributed by atoms with van der Waals surface area (Å²) in [6, 6.07) is 3.76. The number of hydrogen-bond acceptors (Lipinski definition) is 4. The molecule has 1 atom stereocenters. The van der Waals surface area contributed by atoms with Crippen LogP contribution in [0.2, 0.25) is 0 Å². The van der Waals surface area contributed by atoms with Gasteiger partial charge in [-0.3, -0.25) is 10.00 Å². The van der Waals surface area contributed by atoms with Gasteiger partial charge in [-0.25, -0.2) is 9.78 Å². The summed E-state index contributed by atoms with van der Waals surface area (Å²) in [6.45, 7) is 5.69. The van der Waals surface area contributed by atoms with Crippen LogP contribution in [0.15, 0.2) is 24.5 Å².